The maximum Gasteiger partial charge on any atom is 0.306 e. The van der Waals surface area contributed by atoms with Crippen molar-refractivity contribution in [2.24, 2.45) is 0 Å². The molecule has 0 spiro atoms. The summed E-state index contributed by atoms with van der Waals surface area (Å²) < 4.78 is 16.8. The smallest absolute Gasteiger partial charge is 0.306 e. The van der Waals surface area contributed by atoms with Crippen LogP contribution in [0.5, 0.6) is 0 Å². The lowest BCUT2D eigenvalue weighted by molar-refractivity contribution is -0.167. The first-order valence-electron chi connectivity index (χ1n) is 29.6. The molecule has 0 radical (unpaired) electrons. The Bertz CT molecular complexity index is 1350. The van der Waals surface area contributed by atoms with Gasteiger partial charge in [-0.2, -0.15) is 0 Å². The van der Waals surface area contributed by atoms with Crippen molar-refractivity contribution in [1.82, 2.24) is 0 Å². The zero-order valence-corrected chi connectivity index (χ0v) is 46.0. The largest absolute Gasteiger partial charge is 0.462 e. The molecule has 402 valence electrons. The van der Waals surface area contributed by atoms with E-state index in [9.17, 15) is 14.4 Å². The lowest BCUT2D eigenvalue weighted by Gasteiger charge is -2.18. The molecule has 70 heavy (non-hydrogen) atoms. The van der Waals surface area contributed by atoms with E-state index in [4.69, 9.17) is 14.2 Å². The third-order valence-corrected chi connectivity index (χ3v) is 12.7. The van der Waals surface area contributed by atoms with Crippen molar-refractivity contribution in [3.05, 3.63) is 85.1 Å². The van der Waals surface area contributed by atoms with Gasteiger partial charge in [0.2, 0.25) is 0 Å². The number of carbonyl (C=O) groups is 3. The molecule has 0 aromatic rings. The van der Waals surface area contributed by atoms with Crippen LogP contribution >= 0.6 is 0 Å². The van der Waals surface area contributed by atoms with Crippen molar-refractivity contribution >= 4 is 17.9 Å². The van der Waals surface area contributed by atoms with Crippen molar-refractivity contribution in [2.45, 2.75) is 290 Å². The Labute approximate surface area is 433 Å². The van der Waals surface area contributed by atoms with Crippen molar-refractivity contribution in [3.63, 3.8) is 0 Å². The predicted molar refractivity (Wildman–Crippen MR) is 302 cm³/mol. The quantitative estimate of drug-likeness (QED) is 0.0261. The molecule has 0 saturated carbocycles. The van der Waals surface area contributed by atoms with Gasteiger partial charge in [-0.3, -0.25) is 14.4 Å². The number of hydrogen-bond donors (Lipinski definition) is 0. The molecule has 0 rings (SSSR count). The summed E-state index contributed by atoms with van der Waals surface area (Å²) in [4.78, 5) is 38.0. The number of esters is 3. The zero-order chi connectivity index (χ0) is 50.7. The second kappa shape index (κ2) is 58.2. The molecule has 0 aromatic heterocycles. The lowest BCUT2D eigenvalue weighted by Crippen LogP contribution is -2.30. The van der Waals surface area contributed by atoms with Crippen LogP contribution in [-0.4, -0.2) is 37.2 Å². The van der Waals surface area contributed by atoms with Crippen molar-refractivity contribution in [1.29, 1.82) is 0 Å². The van der Waals surface area contributed by atoms with Crippen LogP contribution in [0.15, 0.2) is 85.1 Å². The Morgan fingerprint density at radius 1 is 0.300 bits per heavy atom. The van der Waals surface area contributed by atoms with Gasteiger partial charge < -0.3 is 14.2 Å². The van der Waals surface area contributed by atoms with Crippen LogP contribution in [0.2, 0.25) is 0 Å². The van der Waals surface area contributed by atoms with E-state index in [0.29, 0.717) is 19.3 Å². The van der Waals surface area contributed by atoms with Crippen LogP contribution in [0, 0.1) is 0 Å². The molecule has 0 aromatic carbocycles. The van der Waals surface area contributed by atoms with E-state index in [2.05, 4.69) is 106 Å². The average molecular weight is 976 g/mol. The molecule has 0 aliphatic carbocycles. The van der Waals surface area contributed by atoms with Gasteiger partial charge in [-0.25, -0.2) is 0 Å². The molecule has 0 amide bonds. The summed E-state index contributed by atoms with van der Waals surface area (Å²) in [6.45, 7) is 6.50. The van der Waals surface area contributed by atoms with Gasteiger partial charge in [0.15, 0.2) is 6.10 Å². The third-order valence-electron chi connectivity index (χ3n) is 12.7. The first-order valence-corrected chi connectivity index (χ1v) is 29.6. The van der Waals surface area contributed by atoms with E-state index in [1.54, 1.807) is 0 Å². The fourth-order valence-corrected chi connectivity index (χ4v) is 8.25. The SMILES string of the molecule is CC/C=C\C/C=C\C/C=C\C/C=C\C/C=C\C/C=C\C/C=C\CCCCCCCCCCCC(=O)OCC(COC(=O)CCCCCCCCCC)OC(=O)CCCCCCCCCCCCCCC. The second-order valence-corrected chi connectivity index (χ2v) is 19.5. The molecular weight excluding hydrogens is 865 g/mol. The number of unbranched alkanes of at least 4 members (excludes halogenated alkanes) is 28. The molecule has 0 N–H and O–H groups in total. The molecule has 0 saturated heterocycles. The highest BCUT2D eigenvalue weighted by molar-refractivity contribution is 5.71. The summed E-state index contributed by atoms with van der Waals surface area (Å²) in [6.07, 6.45) is 76.0. The highest BCUT2D eigenvalue weighted by Gasteiger charge is 2.19. The van der Waals surface area contributed by atoms with Gasteiger partial charge >= 0.3 is 17.9 Å². The summed E-state index contributed by atoms with van der Waals surface area (Å²) in [5.74, 6) is -0.877. The minimum Gasteiger partial charge on any atom is -0.462 e. The highest BCUT2D eigenvalue weighted by atomic mass is 16.6. The number of carbonyl (C=O) groups excluding carboxylic acids is 3. The molecule has 0 aliphatic rings. The molecule has 0 aliphatic heterocycles. The first kappa shape index (κ1) is 66.6. The topological polar surface area (TPSA) is 78.9 Å². The van der Waals surface area contributed by atoms with Gasteiger partial charge in [0.1, 0.15) is 13.2 Å². The average Bonchev–Trinajstić information content (AvgIpc) is 3.36. The number of allylic oxidation sites excluding steroid dienone is 14. The maximum absolute atomic E-state index is 12.8. The molecule has 6 heteroatoms. The molecule has 0 fully saturated rings. The molecular formula is C64H110O6. The summed E-state index contributed by atoms with van der Waals surface area (Å²) in [7, 11) is 0. The van der Waals surface area contributed by atoms with E-state index >= 15 is 0 Å². The Balaban J connectivity index is 4.13. The highest BCUT2D eigenvalue weighted by Crippen LogP contribution is 2.16. The summed E-state index contributed by atoms with van der Waals surface area (Å²) in [5, 5.41) is 0. The third kappa shape index (κ3) is 55.5. The second-order valence-electron chi connectivity index (χ2n) is 19.5. The molecule has 0 heterocycles. The van der Waals surface area contributed by atoms with Crippen LogP contribution < -0.4 is 0 Å². The van der Waals surface area contributed by atoms with Crippen LogP contribution in [0.3, 0.4) is 0 Å². The number of rotatable bonds is 53. The summed E-state index contributed by atoms with van der Waals surface area (Å²) >= 11 is 0. The van der Waals surface area contributed by atoms with E-state index in [0.717, 1.165) is 109 Å². The minimum atomic E-state index is -0.773. The standard InChI is InChI=1S/C64H110O6/c1-4-7-10-13-16-19-21-23-24-25-26-27-28-29-30-31-32-33-34-35-36-37-38-39-40-42-43-45-48-51-54-57-63(66)69-60-61(59-68-62(65)56-53-50-47-18-15-12-9-6-3)70-64(67)58-55-52-49-46-44-41-22-20-17-14-11-8-5-2/h7,10,16,19,23-24,26-27,29-30,32-33,35-36,61H,4-6,8-9,11-15,17-18,20-22,25,28,31,34,37-60H2,1-3H3/b10-7-,19-16-,24-23-,27-26-,30-29-,33-32-,36-35-. The van der Waals surface area contributed by atoms with E-state index in [-0.39, 0.29) is 31.1 Å². The van der Waals surface area contributed by atoms with Crippen LogP contribution in [-0.2, 0) is 28.6 Å². The Morgan fingerprint density at radius 2 is 0.557 bits per heavy atom. The lowest BCUT2D eigenvalue weighted by atomic mass is 10.0. The number of ether oxygens (including phenoxy) is 3. The molecule has 6 nitrogen and oxygen atoms in total. The van der Waals surface area contributed by atoms with Gasteiger partial charge in [0, 0.05) is 19.3 Å². The Hall–Kier alpha value is -3.41. The van der Waals surface area contributed by atoms with Crippen molar-refractivity contribution < 1.29 is 28.6 Å². The van der Waals surface area contributed by atoms with Gasteiger partial charge in [-0.15, -0.1) is 0 Å². The monoisotopic (exact) mass is 975 g/mol. The molecule has 1 atom stereocenters. The zero-order valence-electron chi connectivity index (χ0n) is 46.0. The van der Waals surface area contributed by atoms with Crippen LogP contribution in [0.25, 0.3) is 0 Å². The maximum atomic E-state index is 12.8. The van der Waals surface area contributed by atoms with Crippen molar-refractivity contribution in [2.75, 3.05) is 13.2 Å². The van der Waals surface area contributed by atoms with E-state index in [1.807, 2.05) is 0 Å². The van der Waals surface area contributed by atoms with E-state index < -0.39 is 6.10 Å². The fraction of sp³-hybridized carbons (Fsp3) is 0.734. The summed E-state index contributed by atoms with van der Waals surface area (Å²) in [6, 6.07) is 0. The molecule has 1 unspecified atom stereocenters. The van der Waals surface area contributed by atoms with Crippen LogP contribution in [0.1, 0.15) is 284 Å². The van der Waals surface area contributed by atoms with E-state index in [1.165, 1.54) is 135 Å². The predicted octanol–water partition coefficient (Wildman–Crippen LogP) is 19.9. The van der Waals surface area contributed by atoms with Gasteiger partial charge in [-0.1, -0.05) is 273 Å². The Kier molecular flexibility index (Phi) is 55.3. The number of hydrogen-bond acceptors (Lipinski definition) is 6. The normalized spacial score (nSPS) is 12.7. The van der Waals surface area contributed by atoms with Crippen LogP contribution in [0.4, 0.5) is 0 Å². The minimum absolute atomic E-state index is 0.0742. The summed E-state index contributed by atoms with van der Waals surface area (Å²) in [5.41, 5.74) is 0. The molecule has 0 bridgehead atoms. The van der Waals surface area contributed by atoms with Gasteiger partial charge in [0.25, 0.3) is 0 Å². The first-order chi connectivity index (χ1) is 34.5. The van der Waals surface area contributed by atoms with Gasteiger partial charge in [0.05, 0.1) is 0 Å². The fourth-order valence-electron chi connectivity index (χ4n) is 8.25. The Morgan fingerprint density at radius 3 is 0.871 bits per heavy atom. The van der Waals surface area contributed by atoms with Gasteiger partial charge in [-0.05, 0) is 77.0 Å². The van der Waals surface area contributed by atoms with Crippen molar-refractivity contribution in [3.8, 4) is 0 Å².